The van der Waals surface area contributed by atoms with Gasteiger partial charge in [-0.2, -0.15) is 5.26 Å². The second-order valence-corrected chi connectivity index (χ2v) is 6.08. The maximum Gasteiger partial charge on any atom is 0.233 e. The number of aryl methyl sites for hydroxylation is 1. The van der Waals surface area contributed by atoms with Crippen molar-refractivity contribution in [3.8, 4) is 11.9 Å². The molecule has 0 unspecified atom stereocenters. The van der Waals surface area contributed by atoms with Gasteiger partial charge in [-0.15, -0.1) is 0 Å². The number of pyridine rings is 1. The lowest BCUT2D eigenvalue weighted by Crippen LogP contribution is -2.46. The summed E-state index contributed by atoms with van der Waals surface area (Å²) in [5.74, 6) is 0.400. The highest BCUT2D eigenvalue weighted by Gasteiger charge is 2.21. The molecule has 0 N–H and O–H groups in total. The Morgan fingerprint density at radius 2 is 2.00 bits per heavy atom. The van der Waals surface area contributed by atoms with Crippen LogP contribution in [0.15, 0.2) is 36.5 Å². The SMILES string of the molecule is COc1nccc(N2CCN(Cc3cccc(C)c3)CC2)c1C#N. The van der Waals surface area contributed by atoms with Gasteiger partial charge in [0.15, 0.2) is 0 Å². The first-order valence-corrected chi connectivity index (χ1v) is 8.17. The number of ether oxygens (including phenoxy) is 1. The Balaban J connectivity index is 1.66. The third kappa shape index (κ3) is 3.50. The van der Waals surface area contributed by atoms with E-state index >= 15 is 0 Å². The number of hydrogen-bond donors (Lipinski definition) is 0. The molecule has 0 saturated carbocycles. The van der Waals surface area contributed by atoms with Gasteiger partial charge in [-0.25, -0.2) is 4.98 Å². The van der Waals surface area contributed by atoms with E-state index in [4.69, 9.17) is 4.74 Å². The van der Waals surface area contributed by atoms with Crippen molar-refractivity contribution in [3.05, 3.63) is 53.2 Å². The van der Waals surface area contributed by atoms with Crippen molar-refractivity contribution in [2.45, 2.75) is 13.5 Å². The van der Waals surface area contributed by atoms with Gasteiger partial charge in [0.2, 0.25) is 5.88 Å². The van der Waals surface area contributed by atoms with E-state index in [-0.39, 0.29) is 0 Å². The highest BCUT2D eigenvalue weighted by Crippen LogP contribution is 2.27. The standard InChI is InChI=1S/C19H22N4O/c1-15-4-3-5-16(12-15)14-22-8-10-23(11-9-22)18-6-7-21-19(24-2)17(18)13-20/h3-7,12H,8-11,14H2,1-2H3. The first-order chi connectivity index (χ1) is 11.7. The van der Waals surface area contributed by atoms with Crippen LogP contribution in [0, 0.1) is 18.3 Å². The fourth-order valence-electron chi connectivity index (χ4n) is 3.17. The van der Waals surface area contributed by atoms with Crippen molar-refractivity contribution in [3.63, 3.8) is 0 Å². The summed E-state index contributed by atoms with van der Waals surface area (Å²) >= 11 is 0. The van der Waals surface area contributed by atoms with E-state index < -0.39 is 0 Å². The fourth-order valence-corrected chi connectivity index (χ4v) is 3.17. The topological polar surface area (TPSA) is 52.4 Å². The van der Waals surface area contributed by atoms with Gasteiger partial charge in [0, 0.05) is 38.9 Å². The van der Waals surface area contributed by atoms with Crippen LogP contribution in [0.3, 0.4) is 0 Å². The van der Waals surface area contributed by atoms with Gasteiger partial charge in [0.25, 0.3) is 0 Å². The summed E-state index contributed by atoms with van der Waals surface area (Å²) in [6.45, 7) is 6.84. The molecule has 5 nitrogen and oxygen atoms in total. The Bertz CT molecular complexity index is 745. The normalized spacial score (nSPS) is 15.1. The first-order valence-electron chi connectivity index (χ1n) is 8.17. The first kappa shape index (κ1) is 16.3. The molecular weight excluding hydrogens is 300 g/mol. The lowest BCUT2D eigenvalue weighted by molar-refractivity contribution is 0.249. The van der Waals surface area contributed by atoms with Crippen LogP contribution in [0.2, 0.25) is 0 Å². The molecule has 0 radical (unpaired) electrons. The zero-order valence-electron chi connectivity index (χ0n) is 14.2. The van der Waals surface area contributed by atoms with Crippen molar-refractivity contribution < 1.29 is 4.74 Å². The van der Waals surface area contributed by atoms with E-state index in [2.05, 4.69) is 52.0 Å². The maximum atomic E-state index is 9.43. The van der Waals surface area contributed by atoms with Gasteiger partial charge < -0.3 is 9.64 Å². The molecule has 1 aromatic carbocycles. The van der Waals surface area contributed by atoms with E-state index in [1.54, 1.807) is 13.3 Å². The minimum atomic E-state index is 0.400. The Labute approximate surface area is 143 Å². The third-order valence-electron chi connectivity index (χ3n) is 4.40. The van der Waals surface area contributed by atoms with Crippen LogP contribution in [0.25, 0.3) is 0 Å². The molecule has 2 aromatic rings. The molecule has 0 atom stereocenters. The largest absolute Gasteiger partial charge is 0.480 e. The summed E-state index contributed by atoms with van der Waals surface area (Å²) in [7, 11) is 1.55. The zero-order chi connectivity index (χ0) is 16.9. The van der Waals surface area contributed by atoms with Gasteiger partial charge in [-0.05, 0) is 18.6 Å². The monoisotopic (exact) mass is 322 g/mol. The molecule has 3 rings (SSSR count). The zero-order valence-corrected chi connectivity index (χ0v) is 14.2. The van der Waals surface area contributed by atoms with E-state index in [0.29, 0.717) is 11.4 Å². The molecule has 24 heavy (non-hydrogen) atoms. The van der Waals surface area contributed by atoms with Crippen LogP contribution in [-0.2, 0) is 6.54 Å². The number of aromatic nitrogens is 1. The molecule has 1 fully saturated rings. The van der Waals surface area contributed by atoms with Gasteiger partial charge >= 0.3 is 0 Å². The second-order valence-electron chi connectivity index (χ2n) is 6.08. The van der Waals surface area contributed by atoms with Crippen molar-refractivity contribution in [1.29, 1.82) is 5.26 Å². The predicted molar refractivity (Wildman–Crippen MR) is 94.2 cm³/mol. The summed E-state index contributed by atoms with van der Waals surface area (Å²) in [6, 6.07) is 12.8. The Kier molecular flexibility index (Phi) is 4.97. The van der Waals surface area contributed by atoms with E-state index in [0.717, 1.165) is 38.4 Å². The highest BCUT2D eigenvalue weighted by molar-refractivity contribution is 5.63. The number of rotatable bonds is 4. The Morgan fingerprint density at radius 3 is 2.67 bits per heavy atom. The lowest BCUT2D eigenvalue weighted by Gasteiger charge is -2.36. The lowest BCUT2D eigenvalue weighted by atomic mass is 10.1. The number of methoxy groups -OCH3 is 1. The number of hydrogen-bond acceptors (Lipinski definition) is 5. The molecule has 1 aliphatic rings. The second kappa shape index (κ2) is 7.33. The van der Waals surface area contributed by atoms with Gasteiger partial charge in [0.05, 0.1) is 12.8 Å². The third-order valence-corrected chi connectivity index (χ3v) is 4.40. The fraction of sp³-hybridized carbons (Fsp3) is 0.368. The number of piperazine rings is 1. The van der Waals surface area contributed by atoms with Crippen molar-refractivity contribution >= 4 is 5.69 Å². The van der Waals surface area contributed by atoms with Crippen molar-refractivity contribution in [2.24, 2.45) is 0 Å². The molecule has 124 valence electrons. The summed E-state index contributed by atoms with van der Waals surface area (Å²) in [4.78, 5) is 8.82. The molecule has 5 heteroatoms. The number of benzene rings is 1. The van der Waals surface area contributed by atoms with Crippen LogP contribution >= 0.6 is 0 Å². The summed E-state index contributed by atoms with van der Waals surface area (Å²) in [6.07, 6.45) is 1.70. The molecule has 1 aromatic heterocycles. The van der Waals surface area contributed by atoms with Crippen LogP contribution < -0.4 is 9.64 Å². The smallest absolute Gasteiger partial charge is 0.233 e. The van der Waals surface area contributed by atoms with Crippen molar-refractivity contribution in [2.75, 3.05) is 38.2 Å². The number of anilines is 1. The Hall–Kier alpha value is -2.58. The molecule has 1 aliphatic heterocycles. The quantitative estimate of drug-likeness (QED) is 0.866. The van der Waals surface area contributed by atoms with Crippen molar-refractivity contribution in [1.82, 2.24) is 9.88 Å². The molecular formula is C19H22N4O. The van der Waals surface area contributed by atoms with E-state index in [1.165, 1.54) is 11.1 Å². The van der Waals surface area contributed by atoms with Gasteiger partial charge in [-0.3, -0.25) is 4.90 Å². The molecule has 2 heterocycles. The van der Waals surface area contributed by atoms with Crippen LogP contribution in [0.1, 0.15) is 16.7 Å². The number of nitrogens with zero attached hydrogens (tertiary/aromatic N) is 4. The summed E-state index contributed by atoms with van der Waals surface area (Å²) in [5.41, 5.74) is 4.09. The molecule has 0 aliphatic carbocycles. The minimum absolute atomic E-state index is 0.400. The molecule has 0 amide bonds. The molecule has 1 saturated heterocycles. The van der Waals surface area contributed by atoms with Crippen LogP contribution in [-0.4, -0.2) is 43.2 Å². The van der Waals surface area contributed by atoms with E-state index in [1.807, 2.05) is 6.07 Å². The maximum absolute atomic E-state index is 9.43. The summed E-state index contributed by atoms with van der Waals surface area (Å²) in [5, 5.41) is 9.43. The van der Waals surface area contributed by atoms with Gasteiger partial charge in [-0.1, -0.05) is 29.8 Å². The summed E-state index contributed by atoms with van der Waals surface area (Å²) < 4.78 is 5.21. The number of nitriles is 1. The molecule has 0 bridgehead atoms. The predicted octanol–water partition coefficient (Wildman–Crippen LogP) is 2.59. The molecule has 0 spiro atoms. The average molecular weight is 322 g/mol. The highest BCUT2D eigenvalue weighted by atomic mass is 16.5. The van der Waals surface area contributed by atoms with Crippen LogP contribution in [0.5, 0.6) is 5.88 Å². The minimum Gasteiger partial charge on any atom is -0.480 e. The Morgan fingerprint density at radius 1 is 1.21 bits per heavy atom. The average Bonchev–Trinajstić information content (AvgIpc) is 2.61. The van der Waals surface area contributed by atoms with Gasteiger partial charge in [0.1, 0.15) is 11.6 Å². The van der Waals surface area contributed by atoms with Crippen LogP contribution in [0.4, 0.5) is 5.69 Å². The van der Waals surface area contributed by atoms with E-state index in [9.17, 15) is 5.26 Å².